The van der Waals surface area contributed by atoms with Crippen molar-refractivity contribution >= 4 is 65.4 Å². The lowest BCUT2D eigenvalue weighted by Gasteiger charge is -2.11. The SMILES string of the molecule is c1ccc(-c2cccc(-n3c4ccc(-c5ccc6c(c5)c5ccccc5n6-c5ccccc5)cc4c4cc5c(cc43)c3ccccc3n5-c3ccccc3)c2)cc1. The fraction of sp³-hybridized carbons (Fsp3) is 0. The first-order valence-electron chi connectivity index (χ1n) is 19.6. The summed E-state index contributed by atoms with van der Waals surface area (Å²) in [5.41, 5.74) is 15.5. The van der Waals surface area contributed by atoms with Gasteiger partial charge in [0.2, 0.25) is 0 Å². The minimum atomic E-state index is 1.14. The largest absolute Gasteiger partial charge is 0.309 e. The number of aromatic nitrogens is 3. The highest BCUT2D eigenvalue weighted by Crippen LogP contribution is 2.42. The molecule has 0 spiro atoms. The number of benzene rings is 9. The molecule has 0 atom stereocenters. The summed E-state index contributed by atoms with van der Waals surface area (Å²) in [5, 5.41) is 7.45. The van der Waals surface area contributed by atoms with Crippen LogP contribution in [0.5, 0.6) is 0 Å². The van der Waals surface area contributed by atoms with Crippen molar-refractivity contribution in [1.82, 2.24) is 13.7 Å². The predicted octanol–water partition coefficient (Wildman–Crippen LogP) is 14.3. The third-order valence-electron chi connectivity index (χ3n) is 11.8. The van der Waals surface area contributed by atoms with Crippen LogP contribution in [0.1, 0.15) is 0 Å². The standard InChI is InChI=1S/C54H35N3/c1-4-15-36(16-5-1)37-17-14-22-42(31-37)57-52-30-28-39(38-27-29-51-45(32-38)43-23-10-12-25-49(43)55(51)40-18-6-2-7-19-40)33-46(52)48-35-53-47(34-54(48)57)44-24-11-13-26-50(44)56(53)41-20-8-3-9-21-41/h1-35H. The van der Waals surface area contributed by atoms with Gasteiger partial charge >= 0.3 is 0 Å². The maximum absolute atomic E-state index is 2.46. The molecule has 0 radical (unpaired) electrons. The third kappa shape index (κ3) is 4.86. The molecule has 3 heterocycles. The van der Waals surface area contributed by atoms with Crippen LogP contribution in [0.3, 0.4) is 0 Å². The number of nitrogens with zero attached hydrogens (tertiary/aromatic N) is 3. The molecule has 57 heavy (non-hydrogen) atoms. The van der Waals surface area contributed by atoms with Crippen molar-refractivity contribution in [2.24, 2.45) is 0 Å². The molecule has 266 valence electrons. The summed E-state index contributed by atoms with van der Waals surface area (Å²) in [6, 6.07) is 77.5. The Hall–Kier alpha value is -7.62. The Balaban J connectivity index is 1.14. The monoisotopic (exact) mass is 725 g/mol. The quantitative estimate of drug-likeness (QED) is 0.168. The van der Waals surface area contributed by atoms with Gasteiger partial charge in [0.05, 0.1) is 33.1 Å². The van der Waals surface area contributed by atoms with E-state index < -0.39 is 0 Å². The highest BCUT2D eigenvalue weighted by Gasteiger charge is 2.20. The molecule has 3 aromatic heterocycles. The molecule has 0 fully saturated rings. The van der Waals surface area contributed by atoms with Crippen molar-refractivity contribution in [3.05, 3.63) is 212 Å². The molecule has 0 amide bonds. The van der Waals surface area contributed by atoms with Gasteiger partial charge in [-0.3, -0.25) is 0 Å². The van der Waals surface area contributed by atoms with Crippen molar-refractivity contribution in [1.29, 1.82) is 0 Å². The molecule has 0 unspecified atom stereocenters. The first-order valence-corrected chi connectivity index (χ1v) is 19.6. The predicted molar refractivity (Wildman–Crippen MR) is 240 cm³/mol. The summed E-state index contributed by atoms with van der Waals surface area (Å²) >= 11 is 0. The van der Waals surface area contributed by atoms with Gasteiger partial charge in [0.25, 0.3) is 0 Å². The van der Waals surface area contributed by atoms with Crippen molar-refractivity contribution in [2.45, 2.75) is 0 Å². The van der Waals surface area contributed by atoms with Crippen molar-refractivity contribution in [2.75, 3.05) is 0 Å². The Morgan fingerprint density at radius 3 is 1.14 bits per heavy atom. The van der Waals surface area contributed by atoms with Crippen LogP contribution in [0.25, 0.3) is 105 Å². The van der Waals surface area contributed by atoms with E-state index in [1.165, 1.54) is 93.4 Å². The third-order valence-corrected chi connectivity index (χ3v) is 11.8. The second-order valence-electron chi connectivity index (χ2n) is 15.0. The van der Waals surface area contributed by atoms with Crippen molar-refractivity contribution < 1.29 is 0 Å². The van der Waals surface area contributed by atoms with Gasteiger partial charge in [-0.15, -0.1) is 0 Å². The molecule has 0 aliphatic carbocycles. The second-order valence-corrected chi connectivity index (χ2v) is 15.0. The molecule has 12 rings (SSSR count). The smallest absolute Gasteiger partial charge is 0.0548 e. The minimum Gasteiger partial charge on any atom is -0.309 e. The van der Waals surface area contributed by atoms with E-state index in [0.717, 1.165) is 11.4 Å². The molecule has 0 aliphatic heterocycles. The van der Waals surface area contributed by atoms with Crippen molar-refractivity contribution in [3.8, 4) is 39.3 Å². The van der Waals surface area contributed by atoms with Gasteiger partial charge in [-0.05, 0) is 107 Å². The van der Waals surface area contributed by atoms with Crippen LogP contribution in [-0.4, -0.2) is 13.7 Å². The maximum Gasteiger partial charge on any atom is 0.0548 e. The number of rotatable bonds is 5. The van der Waals surface area contributed by atoms with Gasteiger partial charge in [-0.25, -0.2) is 0 Å². The molecule has 0 N–H and O–H groups in total. The average Bonchev–Trinajstić information content (AvgIpc) is 3.91. The van der Waals surface area contributed by atoms with Gasteiger partial charge < -0.3 is 13.7 Å². The molecule has 9 aromatic carbocycles. The normalized spacial score (nSPS) is 11.9. The Kier molecular flexibility index (Phi) is 6.93. The molecule has 3 nitrogen and oxygen atoms in total. The Bertz CT molecular complexity index is 3500. The second kappa shape index (κ2) is 12.5. The zero-order chi connectivity index (χ0) is 37.5. The van der Waals surface area contributed by atoms with Crippen LogP contribution < -0.4 is 0 Å². The van der Waals surface area contributed by atoms with Gasteiger partial charge in [0, 0.05) is 49.4 Å². The summed E-state index contributed by atoms with van der Waals surface area (Å²) in [7, 11) is 0. The van der Waals surface area contributed by atoms with Crippen LogP contribution in [0.2, 0.25) is 0 Å². The summed E-state index contributed by atoms with van der Waals surface area (Å²) in [6.45, 7) is 0. The number of fused-ring (bicyclic) bond motifs is 9. The molecular formula is C54H35N3. The summed E-state index contributed by atoms with van der Waals surface area (Å²) in [5.74, 6) is 0. The Morgan fingerprint density at radius 2 is 0.561 bits per heavy atom. The molecule has 0 saturated carbocycles. The van der Waals surface area contributed by atoms with Crippen LogP contribution >= 0.6 is 0 Å². The molecule has 0 saturated heterocycles. The molecule has 0 bridgehead atoms. The van der Waals surface area contributed by atoms with Crippen LogP contribution in [-0.2, 0) is 0 Å². The topological polar surface area (TPSA) is 14.8 Å². The molecule has 0 aliphatic rings. The van der Waals surface area contributed by atoms with Gasteiger partial charge in [-0.2, -0.15) is 0 Å². The van der Waals surface area contributed by atoms with Crippen LogP contribution in [0, 0.1) is 0 Å². The summed E-state index contributed by atoms with van der Waals surface area (Å²) in [6.07, 6.45) is 0. The maximum atomic E-state index is 2.46. The van der Waals surface area contributed by atoms with Crippen LogP contribution in [0.15, 0.2) is 212 Å². The van der Waals surface area contributed by atoms with Crippen molar-refractivity contribution in [3.63, 3.8) is 0 Å². The summed E-state index contributed by atoms with van der Waals surface area (Å²) in [4.78, 5) is 0. The lowest BCUT2D eigenvalue weighted by Crippen LogP contribution is -1.95. The fourth-order valence-corrected chi connectivity index (χ4v) is 9.26. The highest BCUT2D eigenvalue weighted by atomic mass is 15.0. The molecular weight excluding hydrogens is 691 g/mol. The lowest BCUT2D eigenvalue weighted by atomic mass is 10.00. The number of para-hydroxylation sites is 4. The highest BCUT2D eigenvalue weighted by molar-refractivity contribution is 6.19. The minimum absolute atomic E-state index is 1.14. The number of hydrogen-bond donors (Lipinski definition) is 0. The van der Waals surface area contributed by atoms with E-state index in [4.69, 9.17) is 0 Å². The number of hydrogen-bond acceptors (Lipinski definition) is 0. The first kappa shape index (κ1) is 31.7. The summed E-state index contributed by atoms with van der Waals surface area (Å²) < 4.78 is 7.27. The van der Waals surface area contributed by atoms with E-state index in [0.29, 0.717) is 0 Å². The zero-order valence-electron chi connectivity index (χ0n) is 31.0. The van der Waals surface area contributed by atoms with Gasteiger partial charge in [0.15, 0.2) is 0 Å². The van der Waals surface area contributed by atoms with E-state index in [1.807, 2.05) is 0 Å². The Morgan fingerprint density at radius 1 is 0.193 bits per heavy atom. The fourth-order valence-electron chi connectivity index (χ4n) is 9.26. The van der Waals surface area contributed by atoms with E-state index in [9.17, 15) is 0 Å². The molecule has 12 aromatic rings. The zero-order valence-corrected chi connectivity index (χ0v) is 31.0. The first-order chi connectivity index (χ1) is 28.3. The molecule has 3 heteroatoms. The van der Waals surface area contributed by atoms with E-state index in [1.54, 1.807) is 0 Å². The van der Waals surface area contributed by atoms with Gasteiger partial charge in [-0.1, -0.05) is 127 Å². The lowest BCUT2D eigenvalue weighted by molar-refractivity contribution is 1.17. The van der Waals surface area contributed by atoms with Crippen LogP contribution in [0.4, 0.5) is 0 Å². The van der Waals surface area contributed by atoms with E-state index >= 15 is 0 Å². The average molecular weight is 726 g/mol. The van der Waals surface area contributed by atoms with E-state index in [2.05, 4.69) is 226 Å². The van der Waals surface area contributed by atoms with Gasteiger partial charge in [0.1, 0.15) is 0 Å². The Labute approximate surface area is 329 Å². The van der Waals surface area contributed by atoms with E-state index in [-0.39, 0.29) is 0 Å².